The molecule has 5 nitrogen and oxygen atoms in total. The molecule has 2 rings (SSSR count). The Labute approximate surface area is 107 Å². The number of carbonyl (C=O) groups excluding carboxylic acids is 1. The number of hydrogen-bond donors (Lipinski definition) is 2. The number of rotatable bonds is 4. The summed E-state index contributed by atoms with van der Waals surface area (Å²) in [6.07, 6.45) is 2.23. The monoisotopic (exact) mass is 259 g/mol. The van der Waals surface area contributed by atoms with Gasteiger partial charge in [0.1, 0.15) is 0 Å². The van der Waals surface area contributed by atoms with Crippen molar-refractivity contribution in [1.29, 1.82) is 0 Å². The average molecular weight is 260 g/mol. The fourth-order valence-corrected chi connectivity index (χ4v) is 1.91. The zero-order valence-electron chi connectivity index (χ0n) is 9.86. The molecule has 0 aromatic carbocycles. The van der Waals surface area contributed by atoms with Crippen molar-refractivity contribution in [3.63, 3.8) is 0 Å². The quantitative estimate of drug-likeness (QED) is 0.851. The van der Waals surface area contributed by atoms with E-state index in [0.717, 1.165) is 25.2 Å². The summed E-state index contributed by atoms with van der Waals surface area (Å²) in [5, 5.41) is 9.82. The van der Waals surface area contributed by atoms with Gasteiger partial charge in [-0.3, -0.25) is 4.79 Å². The van der Waals surface area contributed by atoms with E-state index >= 15 is 0 Å². The minimum atomic E-state index is -0.174. The topological polar surface area (TPSA) is 67.2 Å². The van der Waals surface area contributed by atoms with Crippen LogP contribution in [-0.4, -0.2) is 30.7 Å². The minimum absolute atomic E-state index is 0. The smallest absolute Gasteiger partial charge is 0.289 e. The number of nitrogens with one attached hydrogen (secondary N) is 2. The van der Waals surface area contributed by atoms with Crippen LogP contribution >= 0.6 is 12.4 Å². The van der Waals surface area contributed by atoms with Gasteiger partial charge < -0.3 is 15.2 Å². The van der Waals surface area contributed by atoms with Crippen LogP contribution in [0.5, 0.6) is 0 Å². The van der Waals surface area contributed by atoms with Crippen LogP contribution in [0.4, 0.5) is 0 Å². The molecule has 2 N–H and O–H groups in total. The van der Waals surface area contributed by atoms with Gasteiger partial charge in [0.15, 0.2) is 0 Å². The SMILES string of the molecule is Cc1cc(C(=O)NCCC2CCNC2)on1.Cl. The third-order valence-electron chi connectivity index (χ3n) is 2.85. The zero-order valence-corrected chi connectivity index (χ0v) is 10.7. The molecule has 1 aliphatic rings. The summed E-state index contributed by atoms with van der Waals surface area (Å²) in [7, 11) is 0. The Kier molecular flexibility index (Phi) is 5.44. The molecule has 0 radical (unpaired) electrons. The van der Waals surface area contributed by atoms with Gasteiger partial charge >= 0.3 is 0 Å². The molecule has 0 aliphatic carbocycles. The Morgan fingerprint density at radius 3 is 3.12 bits per heavy atom. The number of hydrogen-bond acceptors (Lipinski definition) is 4. The lowest BCUT2D eigenvalue weighted by Crippen LogP contribution is -2.26. The molecular formula is C11H18ClN3O2. The first-order valence-electron chi connectivity index (χ1n) is 5.68. The van der Waals surface area contributed by atoms with Gasteiger partial charge in [-0.1, -0.05) is 5.16 Å². The Bertz CT molecular complexity index is 361. The van der Waals surface area contributed by atoms with Gasteiger partial charge in [-0.05, 0) is 38.8 Å². The van der Waals surface area contributed by atoms with E-state index in [0.29, 0.717) is 18.2 Å². The largest absolute Gasteiger partial charge is 0.351 e. The molecule has 0 saturated carbocycles. The van der Waals surface area contributed by atoms with Crippen molar-refractivity contribution in [1.82, 2.24) is 15.8 Å². The maximum Gasteiger partial charge on any atom is 0.289 e. The summed E-state index contributed by atoms with van der Waals surface area (Å²) >= 11 is 0. The van der Waals surface area contributed by atoms with Crippen LogP contribution in [0.3, 0.4) is 0 Å². The molecule has 96 valence electrons. The molecular weight excluding hydrogens is 242 g/mol. The maximum absolute atomic E-state index is 11.6. The van der Waals surface area contributed by atoms with Crippen LogP contribution in [0.15, 0.2) is 10.6 Å². The van der Waals surface area contributed by atoms with Crippen molar-refractivity contribution < 1.29 is 9.32 Å². The third kappa shape index (κ3) is 4.02. The Hall–Kier alpha value is -1.07. The number of aryl methyl sites for hydroxylation is 1. The molecule has 1 atom stereocenters. The highest BCUT2D eigenvalue weighted by Crippen LogP contribution is 2.11. The fourth-order valence-electron chi connectivity index (χ4n) is 1.91. The fraction of sp³-hybridized carbons (Fsp3) is 0.636. The van der Waals surface area contributed by atoms with Gasteiger partial charge in [0.25, 0.3) is 5.91 Å². The van der Waals surface area contributed by atoms with E-state index in [1.807, 2.05) is 0 Å². The van der Waals surface area contributed by atoms with E-state index in [1.54, 1.807) is 13.0 Å². The minimum Gasteiger partial charge on any atom is -0.351 e. The molecule has 1 amide bonds. The molecule has 6 heteroatoms. The van der Waals surface area contributed by atoms with E-state index in [4.69, 9.17) is 4.52 Å². The van der Waals surface area contributed by atoms with Gasteiger partial charge in [-0.2, -0.15) is 0 Å². The van der Waals surface area contributed by atoms with Gasteiger partial charge in [0.2, 0.25) is 5.76 Å². The van der Waals surface area contributed by atoms with E-state index in [-0.39, 0.29) is 18.3 Å². The van der Waals surface area contributed by atoms with Crippen LogP contribution in [0.1, 0.15) is 29.1 Å². The molecule has 1 fully saturated rings. The van der Waals surface area contributed by atoms with Crippen molar-refractivity contribution in [2.75, 3.05) is 19.6 Å². The van der Waals surface area contributed by atoms with Crippen LogP contribution in [0.25, 0.3) is 0 Å². The van der Waals surface area contributed by atoms with Gasteiger partial charge in [-0.15, -0.1) is 12.4 Å². The summed E-state index contributed by atoms with van der Waals surface area (Å²) in [4.78, 5) is 11.6. The highest BCUT2D eigenvalue weighted by molar-refractivity contribution is 5.91. The Balaban J connectivity index is 0.00000144. The molecule has 17 heavy (non-hydrogen) atoms. The van der Waals surface area contributed by atoms with Crippen LogP contribution in [0.2, 0.25) is 0 Å². The molecule has 1 aromatic rings. The number of amides is 1. The molecule has 0 spiro atoms. The standard InChI is InChI=1S/C11H17N3O2.ClH/c1-8-6-10(16-14-8)11(15)13-5-3-9-2-4-12-7-9;/h6,9,12H,2-5,7H2,1H3,(H,13,15);1H. The predicted molar refractivity (Wildman–Crippen MR) is 66.4 cm³/mol. The number of nitrogens with zero attached hydrogens (tertiary/aromatic N) is 1. The van der Waals surface area contributed by atoms with Crippen LogP contribution in [-0.2, 0) is 0 Å². The number of halogens is 1. The average Bonchev–Trinajstić information content (AvgIpc) is 2.89. The number of carbonyl (C=O) groups is 1. The summed E-state index contributed by atoms with van der Waals surface area (Å²) in [5.41, 5.74) is 0.727. The first-order chi connectivity index (χ1) is 7.75. The third-order valence-corrected chi connectivity index (χ3v) is 2.85. The normalized spacial score (nSPS) is 18.8. The Morgan fingerprint density at radius 2 is 2.53 bits per heavy atom. The first-order valence-corrected chi connectivity index (χ1v) is 5.68. The van der Waals surface area contributed by atoms with Gasteiger partial charge in [0.05, 0.1) is 5.69 Å². The van der Waals surface area contributed by atoms with E-state index in [2.05, 4.69) is 15.8 Å². The van der Waals surface area contributed by atoms with Crippen molar-refractivity contribution in [3.05, 3.63) is 17.5 Å². The van der Waals surface area contributed by atoms with E-state index in [1.165, 1.54) is 6.42 Å². The summed E-state index contributed by atoms with van der Waals surface area (Å²) < 4.78 is 4.87. The molecule has 1 unspecified atom stereocenters. The van der Waals surface area contributed by atoms with Crippen LogP contribution in [0, 0.1) is 12.8 Å². The van der Waals surface area contributed by atoms with Crippen molar-refractivity contribution in [2.45, 2.75) is 19.8 Å². The lowest BCUT2D eigenvalue weighted by Gasteiger charge is -2.07. The highest BCUT2D eigenvalue weighted by Gasteiger charge is 2.15. The maximum atomic E-state index is 11.6. The molecule has 1 aliphatic heterocycles. The van der Waals surface area contributed by atoms with E-state index in [9.17, 15) is 4.79 Å². The second-order valence-corrected chi connectivity index (χ2v) is 4.24. The second-order valence-electron chi connectivity index (χ2n) is 4.24. The lowest BCUT2D eigenvalue weighted by atomic mass is 10.1. The first kappa shape index (κ1) is 14.0. The summed E-state index contributed by atoms with van der Waals surface area (Å²) in [5.74, 6) is 0.811. The number of aromatic nitrogens is 1. The van der Waals surface area contributed by atoms with E-state index < -0.39 is 0 Å². The molecule has 1 saturated heterocycles. The van der Waals surface area contributed by atoms with Crippen molar-refractivity contribution >= 4 is 18.3 Å². The lowest BCUT2D eigenvalue weighted by molar-refractivity contribution is 0.0914. The second kappa shape index (κ2) is 6.61. The van der Waals surface area contributed by atoms with Gasteiger partial charge in [-0.25, -0.2) is 0 Å². The summed E-state index contributed by atoms with van der Waals surface area (Å²) in [6.45, 7) is 4.66. The molecule has 2 heterocycles. The zero-order chi connectivity index (χ0) is 11.4. The van der Waals surface area contributed by atoms with Gasteiger partial charge in [0, 0.05) is 12.6 Å². The van der Waals surface area contributed by atoms with Crippen molar-refractivity contribution in [2.24, 2.45) is 5.92 Å². The molecule has 1 aromatic heterocycles. The predicted octanol–water partition coefficient (Wildman–Crippen LogP) is 1.13. The molecule has 0 bridgehead atoms. The van der Waals surface area contributed by atoms with Crippen molar-refractivity contribution in [3.8, 4) is 0 Å². The highest BCUT2D eigenvalue weighted by atomic mass is 35.5. The van der Waals surface area contributed by atoms with Crippen LogP contribution < -0.4 is 10.6 Å². The Morgan fingerprint density at radius 1 is 1.71 bits per heavy atom. The summed E-state index contributed by atoms with van der Waals surface area (Å²) in [6, 6.07) is 1.65.